The molecule has 2 aliphatic heterocycles. The fourth-order valence-electron chi connectivity index (χ4n) is 4.02. The Labute approximate surface area is 165 Å². The number of piperidine rings is 1. The van der Waals surface area contributed by atoms with Crippen LogP contribution in [0.4, 0.5) is 4.79 Å². The van der Waals surface area contributed by atoms with Crippen LogP contribution in [0.1, 0.15) is 18.7 Å². The Kier molecular flexibility index (Phi) is 7.54. The van der Waals surface area contributed by atoms with Crippen molar-refractivity contribution in [1.82, 2.24) is 35.3 Å². The zero-order chi connectivity index (χ0) is 19.8. The molecule has 1 aromatic rings. The second-order valence-electron chi connectivity index (χ2n) is 7.10. The third kappa shape index (κ3) is 4.59. The van der Waals surface area contributed by atoms with Gasteiger partial charge in [0.15, 0.2) is 5.82 Å². The molecule has 1 atom stereocenters. The molecule has 2 saturated heterocycles. The van der Waals surface area contributed by atoms with Crippen LogP contribution in [-0.4, -0.2) is 109 Å². The van der Waals surface area contributed by atoms with E-state index >= 15 is 0 Å². The fourth-order valence-corrected chi connectivity index (χ4v) is 4.02. The third-order valence-electron chi connectivity index (χ3n) is 5.41. The number of morpholine rings is 1. The predicted molar refractivity (Wildman–Crippen MR) is 99.8 cm³/mol. The quantitative estimate of drug-likeness (QED) is 0.574. The molecule has 158 valence electrons. The van der Waals surface area contributed by atoms with Crippen LogP contribution in [0, 0.1) is 0 Å². The lowest BCUT2D eigenvalue weighted by molar-refractivity contribution is -0.0554. The zero-order valence-corrected chi connectivity index (χ0v) is 16.8. The van der Waals surface area contributed by atoms with Crippen molar-refractivity contribution in [1.29, 1.82) is 0 Å². The van der Waals surface area contributed by atoms with Crippen molar-refractivity contribution in [2.24, 2.45) is 0 Å². The second-order valence-corrected chi connectivity index (χ2v) is 7.10. The number of carbonyl (C=O) groups excluding carboxylic acids is 1. The van der Waals surface area contributed by atoms with Crippen molar-refractivity contribution in [3.05, 3.63) is 5.82 Å². The van der Waals surface area contributed by atoms with Gasteiger partial charge in [-0.15, -0.1) is 5.10 Å². The van der Waals surface area contributed by atoms with E-state index in [1.807, 2.05) is 9.58 Å². The number of urea groups is 1. The standard InChI is InChI=1S/C17H31N7O4/c1-26-10-5-18-16(25)22-6-3-4-17(14-22,23-7-12-28-13-8-23)15-19-20-21-24(15)9-11-27-2/h3-14H2,1-2H3,(H,18,25). The van der Waals surface area contributed by atoms with E-state index in [0.717, 1.165) is 31.8 Å². The first kappa shape index (κ1) is 20.9. The van der Waals surface area contributed by atoms with Gasteiger partial charge in [0.1, 0.15) is 5.54 Å². The molecule has 0 aromatic carbocycles. The van der Waals surface area contributed by atoms with Crippen molar-refractivity contribution in [3.8, 4) is 0 Å². The number of amides is 2. The van der Waals surface area contributed by atoms with Gasteiger partial charge in [-0.1, -0.05) is 0 Å². The summed E-state index contributed by atoms with van der Waals surface area (Å²) in [6, 6.07) is -0.0784. The molecule has 3 heterocycles. The minimum absolute atomic E-state index is 0.0784. The van der Waals surface area contributed by atoms with E-state index in [1.165, 1.54) is 0 Å². The average molecular weight is 397 g/mol. The van der Waals surface area contributed by atoms with E-state index in [-0.39, 0.29) is 6.03 Å². The number of rotatable bonds is 8. The molecule has 0 aliphatic carbocycles. The van der Waals surface area contributed by atoms with E-state index in [1.54, 1.807) is 14.2 Å². The number of nitrogens with zero attached hydrogens (tertiary/aromatic N) is 6. The maximum absolute atomic E-state index is 12.7. The highest BCUT2D eigenvalue weighted by molar-refractivity contribution is 5.74. The molecule has 28 heavy (non-hydrogen) atoms. The second kappa shape index (κ2) is 10.1. The molecular weight excluding hydrogens is 366 g/mol. The van der Waals surface area contributed by atoms with Crippen molar-refractivity contribution in [2.75, 3.05) is 73.4 Å². The lowest BCUT2D eigenvalue weighted by Crippen LogP contribution is -2.62. The number of methoxy groups -OCH3 is 2. The van der Waals surface area contributed by atoms with E-state index in [9.17, 15) is 4.79 Å². The Morgan fingerprint density at radius 1 is 1.21 bits per heavy atom. The van der Waals surface area contributed by atoms with Crippen LogP contribution in [0.25, 0.3) is 0 Å². The van der Waals surface area contributed by atoms with Gasteiger partial charge >= 0.3 is 6.03 Å². The van der Waals surface area contributed by atoms with E-state index in [4.69, 9.17) is 14.2 Å². The number of hydrogen-bond acceptors (Lipinski definition) is 8. The molecule has 1 N–H and O–H groups in total. The summed E-state index contributed by atoms with van der Waals surface area (Å²) in [5.41, 5.74) is -0.433. The average Bonchev–Trinajstić information content (AvgIpc) is 3.22. The zero-order valence-electron chi connectivity index (χ0n) is 16.8. The number of aromatic nitrogens is 4. The Bertz CT molecular complexity index is 622. The smallest absolute Gasteiger partial charge is 0.317 e. The Morgan fingerprint density at radius 2 is 2.00 bits per heavy atom. The first-order chi connectivity index (χ1) is 13.7. The van der Waals surface area contributed by atoms with Crippen molar-refractivity contribution in [3.63, 3.8) is 0 Å². The molecule has 0 bridgehead atoms. The first-order valence-corrected chi connectivity index (χ1v) is 9.81. The Hall–Kier alpha value is -1.82. The van der Waals surface area contributed by atoms with Crippen LogP contribution >= 0.6 is 0 Å². The number of carbonyl (C=O) groups is 1. The normalized spacial score (nSPS) is 23.7. The lowest BCUT2D eigenvalue weighted by atomic mass is 9.85. The van der Waals surface area contributed by atoms with Crippen LogP contribution in [0.5, 0.6) is 0 Å². The van der Waals surface area contributed by atoms with Crippen LogP contribution in [-0.2, 0) is 26.3 Å². The highest BCUT2D eigenvalue weighted by atomic mass is 16.5. The van der Waals surface area contributed by atoms with E-state index in [2.05, 4.69) is 25.7 Å². The molecule has 3 rings (SSSR count). The van der Waals surface area contributed by atoms with Crippen molar-refractivity contribution >= 4 is 6.03 Å². The van der Waals surface area contributed by atoms with Crippen LogP contribution < -0.4 is 5.32 Å². The highest BCUT2D eigenvalue weighted by Crippen LogP contribution is 2.36. The first-order valence-electron chi connectivity index (χ1n) is 9.81. The summed E-state index contributed by atoms with van der Waals surface area (Å²) in [6.45, 7) is 6.24. The van der Waals surface area contributed by atoms with Gasteiger partial charge in [-0.2, -0.15) is 0 Å². The number of likely N-dealkylation sites (tertiary alicyclic amines) is 1. The van der Waals surface area contributed by atoms with Crippen LogP contribution in [0.2, 0.25) is 0 Å². The summed E-state index contributed by atoms with van der Waals surface area (Å²) in [5, 5.41) is 15.4. The van der Waals surface area contributed by atoms with Crippen LogP contribution in [0.15, 0.2) is 0 Å². The molecule has 1 unspecified atom stereocenters. The largest absolute Gasteiger partial charge is 0.383 e. The molecule has 2 fully saturated rings. The summed E-state index contributed by atoms with van der Waals surface area (Å²) in [7, 11) is 3.28. The third-order valence-corrected chi connectivity index (χ3v) is 5.41. The number of tetrazole rings is 1. The molecule has 2 amide bonds. The Balaban J connectivity index is 1.84. The van der Waals surface area contributed by atoms with Gasteiger partial charge in [-0.25, -0.2) is 9.48 Å². The van der Waals surface area contributed by atoms with Gasteiger partial charge < -0.3 is 24.4 Å². The van der Waals surface area contributed by atoms with Crippen molar-refractivity contribution in [2.45, 2.75) is 24.9 Å². The van der Waals surface area contributed by atoms with Gasteiger partial charge in [0, 0.05) is 46.9 Å². The molecule has 0 saturated carbocycles. The highest BCUT2D eigenvalue weighted by Gasteiger charge is 2.47. The summed E-state index contributed by atoms with van der Waals surface area (Å²) < 4.78 is 17.6. The van der Waals surface area contributed by atoms with Gasteiger partial charge in [0.2, 0.25) is 0 Å². The molecule has 1 aromatic heterocycles. The fraction of sp³-hybridized carbons (Fsp3) is 0.882. The minimum Gasteiger partial charge on any atom is -0.383 e. The predicted octanol–water partition coefficient (Wildman–Crippen LogP) is -0.701. The summed E-state index contributed by atoms with van der Waals surface area (Å²) in [5.74, 6) is 0.792. The van der Waals surface area contributed by atoms with Crippen molar-refractivity contribution < 1.29 is 19.0 Å². The summed E-state index contributed by atoms with van der Waals surface area (Å²) >= 11 is 0. The summed E-state index contributed by atoms with van der Waals surface area (Å²) in [6.07, 6.45) is 1.77. The topological polar surface area (TPSA) is 107 Å². The van der Waals surface area contributed by atoms with Crippen LogP contribution in [0.3, 0.4) is 0 Å². The molecule has 11 nitrogen and oxygen atoms in total. The molecule has 2 aliphatic rings. The molecule has 0 radical (unpaired) electrons. The monoisotopic (exact) mass is 397 g/mol. The Morgan fingerprint density at radius 3 is 2.75 bits per heavy atom. The molecule has 11 heteroatoms. The SMILES string of the molecule is COCCNC(=O)N1CCCC(c2nnnn2CCOC)(N2CCOCC2)C1. The number of hydrogen-bond donors (Lipinski definition) is 1. The minimum atomic E-state index is -0.433. The number of nitrogens with one attached hydrogen (secondary N) is 1. The molecular formula is C17H31N7O4. The van der Waals surface area contributed by atoms with Gasteiger partial charge in [-0.05, 0) is 23.3 Å². The molecule has 0 spiro atoms. The van der Waals surface area contributed by atoms with Gasteiger partial charge in [0.05, 0.1) is 33.0 Å². The maximum atomic E-state index is 12.7. The van der Waals surface area contributed by atoms with E-state index < -0.39 is 5.54 Å². The van der Waals surface area contributed by atoms with Gasteiger partial charge in [-0.3, -0.25) is 4.90 Å². The number of ether oxygens (including phenoxy) is 3. The summed E-state index contributed by atoms with van der Waals surface area (Å²) in [4.78, 5) is 16.9. The van der Waals surface area contributed by atoms with Gasteiger partial charge in [0.25, 0.3) is 0 Å². The van der Waals surface area contributed by atoms with E-state index in [0.29, 0.717) is 52.6 Å². The lowest BCUT2D eigenvalue weighted by Gasteiger charge is -2.49. The maximum Gasteiger partial charge on any atom is 0.317 e.